The third-order valence-corrected chi connectivity index (χ3v) is 4.14. The normalized spacial score (nSPS) is 11.1. The number of carboxylic acids is 1. The van der Waals surface area contributed by atoms with Crippen molar-refractivity contribution in [1.29, 1.82) is 0 Å². The highest BCUT2D eigenvalue weighted by molar-refractivity contribution is 5.93. The van der Waals surface area contributed by atoms with Gasteiger partial charge in [-0.25, -0.2) is 15.0 Å². The first-order chi connectivity index (χ1) is 15.1. The summed E-state index contributed by atoms with van der Waals surface area (Å²) in [5, 5.41) is 27.7. The van der Waals surface area contributed by atoms with Crippen molar-refractivity contribution in [3.63, 3.8) is 0 Å². The molecule has 3 rings (SSSR count). The van der Waals surface area contributed by atoms with E-state index in [-0.39, 0.29) is 36.0 Å². The molecule has 2 N–H and O–H groups in total. The fraction of sp³-hybridized carbons (Fsp3) is 0.158. The van der Waals surface area contributed by atoms with E-state index in [9.17, 15) is 33.2 Å². The number of pyridine rings is 1. The zero-order valence-electron chi connectivity index (χ0n) is 16.1. The molecule has 1 aromatic carbocycles. The molecule has 0 saturated heterocycles. The Kier molecular flexibility index (Phi) is 6.47. The van der Waals surface area contributed by atoms with E-state index < -0.39 is 28.2 Å². The molecule has 32 heavy (non-hydrogen) atoms. The number of halogens is 3. The van der Waals surface area contributed by atoms with Gasteiger partial charge in [-0.2, -0.15) is 13.2 Å². The Labute approximate surface area is 178 Å². The van der Waals surface area contributed by atoms with Crippen LogP contribution in [0.5, 0.6) is 0 Å². The Morgan fingerprint density at radius 1 is 1.06 bits per heavy atom. The number of nitro groups is 1. The van der Waals surface area contributed by atoms with Gasteiger partial charge in [0.2, 0.25) is 5.95 Å². The van der Waals surface area contributed by atoms with Gasteiger partial charge in [-0.15, -0.1) is 0 Å². The summed E-state index contributed by atoms with van der Waals surface area (Å²) in [7, 11) is 0. The summed E-state index contributed by atoms with van der Waals surface area (Å²) in [4.78, 5) is 33.2. The molecule has 0 saturated carbocycles. The lowest BCUT2D eigenvalue weighted by Gasteiger charge is -2.14. The fourth-order valence-electron chi connectivity index (χ4n) is 2.64. The van der Waals surface area contributed by atoms with E-state index in [4.69, 9.17) is 0 Å². The molecule has 0 aliphatic carbocycles. The second-order valence-electron chi connectivity index (χ2n) is 6.33. The van der Waals surface area contributed by atoms with Crippen molar-refractivity contribution in [2.24, 2.45) is 0 Å². The molecule has 0 atom stereocenters. The third-order valence-electron chi connectivity index (χ3n) is 4.14. The molecular formula is C19H14F3N6O4-. The number of aromatic carboxylic acids is 1. The van der Waals surface area contributed by atoms with E-state index in [1.807, 2.05) is 0 Å². The van der Waals surface area contributed by atoms with Crippen molar-refractivity contribution in [3.05, 3.63) is 70.0 Å². The Balaban J connectivity index is 1.72. The number of nitrogens with one attached hydrogen (secondary N) is 2. The van der Waals surface area contributed by atoms with Crippen molar-refractivity contribution in [2.45, 2.75) is 6.18 Å². The van der Waals surface area contributed by atoms with Gasteiger partial charge in [0, 0.05) is 36.5 Å². The lowest BCUT2D eigenvalue weighted by molar-refractivity contribution is -0.385. The van der Waals surface area contributed by atoms with Crippen LogP contribution in [0.4, 0.5) is 30.6 Å². The second kappa shape index (κ2) is 9.24. The molecule has 13 heteroatoms. The van der Waals surface area contributed by atoms with Crippen LogP contribution in [0.2, 0.25) is 0 Å². The minimum atomic E-state index is -4.61. The lowest BCUT2D eigenvalue weighted by atomic mass is 10.0. The molecule has 0 fully saturated rings. The first-order valence-electron chi connectivity index (χ1n) is 8.99. The molecule has 2 aromatic heterocycles. The average Bonchev–Trinajstić information content (AvgIpc) is 2.76. The summed E-state index contributed by atoms with van der Waals surface area (Å²) >= 11 is 0. The molecule has 0 bridgehead atoms. The summed E-state index contributed by atoms with van der Waals surface area (Å²) in [6.07, 6.45) is -2.56. The lowest BCUT2D eigenvalue weighted by Crippen LogP contribution is -2.24. The number of alkyl halides is 3. The minimum Gasteiger partial charge on any atom is -0.545 e. The first-order valence-corrected chi connectivity index (χ1v) is 8.99. The van der Waals surface area contributed by atoms with E-state index in [1.165, 1.54) is 18.2 Å². The highest BCUT2D eigenvalue weighted by atomic mass is 19.4. The van der Waals surface area contributed by atoms with Crippen LogP contribution < -0.4 is 15.7 Å². The summed E-state index contributed by atoms with van der Waals surface area (Å²) in [6, 6.07) is 6.81. The minimum absolute atomic E-state index is 0.0131. The van der Waals surface area contributed by atoms with Gasteiger partial charge in [0.25, 0.3) is 5.69 Å². The van der Waals surface area contributed by atoms with Crippen molar-refractivity contribution < 1.29 is 28.0 Å². The predicted molar refractivity (Wildman–Crippen MR) is 105 cm³/mol. The molecule has 0 spiro atoms. The maximum absolute atomic E-state index is 13.0. The standard InChI is InChI=1S/C19H15F3N6O4/c20-19(21,22)12-3-1-2-11(8-12)16-14(17(29)30)10-26-18(27-16)24-7-6-23-15-5-4-13(9-25-15)28(31)32/h1-5,8-10H,6-7H2,(H,23,25)(H,29,30)(H,24,26,27)/p-1. The molecule has 0 amide bonds. The average molecular weight is 447 g/mol. The SMILES string of the molecule is O=C([O-])c1cnc(NCCNc2ccc([N+](=O)[O-])cn2)nc1-c1cccc(C(F)(F)F)c1. The molecule has 166 valence electrons. The van der Waals surface area contributed by atoms with Crippen molar-refractivity contribution in [1.82, 2.24) is 15.0 Å². The van der Waals surface area contributed by atoms with E-state index in [0.29, 0.717) is 5.82 Å². The van der Waals surface area contributed by atoms with Gasteiger partial charge in [0.05, 0.1) is 22.1 Å². The number of carbonyl (C=O) groups excluding carboxylic acids is 1. The van der Waals surface area contributed by atoms with Crippen LogP contribution >= 0.6 is 0 Å². The quantitative estimate of drug-likeness (QED) is 0.302. The Morgan fingerprint density at radius 3 is 2.44 bits per heavy atom. The smallest absolute Gasteiger partial charge is 0.416 e. The number of carboxylic acid groups (broad SMARTS) is 1. The Morgan fingerprint density at radius 2 is 1.81 bits per heavy atom. The van der Waals surface area contributed by atoms with Gasteiger partial charge in [0.1, 0.15) is 12.0 Å². The topological polar surface area (TPSA) is 146 Å². The van der Waals surface area contributed by atoms with Crippen LogP contribution in [0.15, 0.2) is 48.8 Å². The number of nitrogens with zero attached hydrogens (tertiary/aromatic N) is 4. The molecule has 2 heterocycles. The summed E-state index contributed by atoms with van der Waals surface area (Å²) < 4.78 is 39.0. The molecule has 10 nitrogen and oxygen atoms in total. The highest BCUT2D eigenvalue weighted by Crippen LogP contribution is 2.32. The molecular weight excluding hydrogens is 433 g/mol. The largest absolute Gasteiger partial charge is 0.545 e. The summed E-state index contributed by atoms with van der Waals surface area (Å²) in [6.45, 7) is 0.515. The molecule has 0 aliphatic heterocycles. The number of rotatable bonds is 8. The predicted octanol–water partition coefficient (Wildman–Crippen LogP) is 2.35. The number of anilines is 2. The number of aromatic nitrogens is 3. The van der Waals surface area contributed by atoms with Crippen molar-refractivity contribution in [2.75, 3.05) is 23.7 Å². The summed E-state index contributed by atoms with van der Waals surface area (Å²) in [5.41, 5.74) is -1.84. The zero-order valence-corrected chi connectivity index (χ0v) is 16.1. The van der Waals surface area contributed by atoms with E-state index >= 15 is 0 Å². The molecule has 0 radical (unpaired) electrons. The van der Waals surface area contributed by atoms with Gasteiger partial charge >= 0.3 is 6.18 Å². The van der Waals surface area contributed by atoms with Crippen molar-refractivity contribution in [3.8, 4) is 11.3 Å². The van der Waals surface area contributed by atoms with Crippen molar-refractivity contribution >= 4 is 23.4 Å². The van der Waals surface area contributed by atoms with Gasteiger partial charge < -0.3 is 20.5 Å². The maximum Gasteiger partial charge on any atom is 0.416 e. The van der Waals surface area contributed by atoms with E-state index in [2.05, 4.69) is 25.6 Å². The van der Waals surface area contributed by atoms with Crippen LogP contribution in [0.3, 0.4) is 0 Å². The van der Waals surface area contributed by atoms with E-state index in [1.54, 1.807) is 0 Å². The molecule has 0 aliphatic rings. The Hall–Kier alpha value is -4.29. The molecule has 0 unspecified atom stereocenters. The van der Waals surface area contributed by atoms with Gasteiger partial charge in [-0.1, -0.05) is 12.1 Å². The third kappa shape index (κ3) is 5.44. The van der Waals surface area contributed by atoms with Crippen LogP contribution in [-0.2, 0) is 6.18 Å². The van der Waals surface area contributed by atoms with Crippen LogP contribution in [-0.4, -0.2) is 38.9 Å². The van der Waals surface area contributed by atoms with Crippen LogP contribution in [0, 0.1) is 10.1 Å². The number of hydrogen-bond acceptors (Lipinski definition) is 9. The van der Waals surface area contributed by atoms with Crippen LogP contribution in [0.25, 0.3) is 11.3 Å². The first kappa shape index (κ1) is 22.4. The fourth-order valence-corrected chi connectivity index (χ4v) is 2.64. The van der Waals surface area contributed by atoms with E-state index in [0.717, 1.165) is 30.6 Å². The van der Waals surface area contributed by atoms with Gasteiger partial charge in [-0.3, -0.25) is 10.1 Å². The monoisotopic (exact) mass is 447 g/mol. The van der Waals surface area contributed by atoms with Gasteiger partial charge in [-0.05, 0) is 18.2 Å². The maximum atomic E-state index is 13.0. The number of benzene rings is 1. The van der Waals surface area contributed by atoms with Crippen LogP contribution in [0.1, 0.15) is 15.9 Å². The zero-order chi connectivity index (χ0) is 23.3. The Bertz CT molecular complexity index is 1140. The second-order valence-corrected chi connectivity index (χ2v) is 6.33. The number of hydrogen-bond donors (Lipinski definition) is 2. The number of carbonyl (C=O) groups is 1. The molecule has 3 aromatic rings. The highest BCUT2D eigenvalue weighted by Gasteiger charge is 2.30. The van der Waals surface area contributed by atoms with Gasteiger partial charge in [0.15, 0.2) is 0 Å². The summed E-state index contributed by atoms with van der Waals surface area (Å²) in [5.74, 6) is -1.26.